The maximum absolute atomic E-state index is 11.3. The first-order valence-electron chi connectivity index (χ1n) is 7.18. The molecule has 0 unspecified atom stereocenters. The van der Waals surface area contributed by atoms with Crippen LogP contribution >= 0.6 is 0 Å². The van der Waals surface area contributed by atoms with Crippen LogP contribution in [-0.2, 0) is 6.54 Å². The molecule has 1 aromatic heterocycles. The summed E-state index contributed by atoms with van der Waals surface area (Å²) in [5.41, 5.74) is 2.72. The third-order valence-electron chi connectivity index (χ3n) is 3.27. The predicted octanol–water partition coefficient (Wildman–Crippen LogP) is 2.71. The van der Waals surface area contributed by atoms with Crippen molar-refractivity contribution >= 4 is 6.09 Å². The SMILES string of the molecule is CNC(=O)Oc1cccc(-c2cn(Cc3ccccc3)nn2)c1. The van der Waals surface area contributed by atoms with Crippen LogP contribution in [0.15, 0.2) is 60.8 Å². The predicted molar refractivity (Wildman–Crippen MR) is 86.1 cm³/mol. The smallest absolute Gasteiger partial charge is 0.410 e. The Kier molecular flexibility index (Phi) is 4.33. The van der Waals surface area contributed by atoms with Gasteiger partial charge in [-0.25, -0.2) is 9.48 Å². The summed E-state index contributed by atoms with van der Waals surface area (Å²) in [7, 11) is 1.52. The van der Waals surface area contributed by atoms with E-state index in [0.29, 0.717) is 12.3 Å². The molecule has 3 rings (SSSR count). The molecule has 23 heavy (non-hydrogen) atoms. The van der Waals surface area contributed by atoms with E-state index < -0.39 is 6.09 Å². The van der Waals surface area contributed by atoms with Gasteiger partial charge >= 0.3 is 6.09 Å². The molecule has 0 aliphatic rings. The van der Waals surface area contributed by atoms with Crippen molar-refractivity contribution in [3.05, 3.63) is 66.4 Å². The maximum atomic E-state index is 11.3. The average molecular weight is 308 g/mol. The van der Waals surface area contributed by atoms with Gasteiger partial charge in [-0.2, -0.15) is 0 Å². The molecule has 0 aliphatic carbocycles. The number of rotatable bonds is 4. The van der Waals surface area contributed by atoms with Crippen molar-refractivity contribution in [1.29, 1.82) is 0 Å². The number of nitrogens with zero attached hydrogens (tertiary/aromatic N) is 3. The zero-order chi connectivity index (χ0) is 16.1. The lowest BCUT2D eigenvalue weighted by Gasteiger charge is -2.04. The molecule has 0 spiro atoms. The van der Waals surface area contributed by atoms with Gasteiger partial charge in [0.1, 0.15) is 11.4 Å². The fraction of sp³-hybridized carbons (Fsp3) is 0.118. The molecule has 1 amide bonds. The Morgan fingerprint density at radius 3 is 2.78 bits per heavy atom. The molecule has 0 radical (unpaired) electrons. The van der Waals surface area contributed by atoms with E-state index in [2.05, 4.69) is 15.6 Å². The minimum absolute atomic E-state index is 0.458. The van der Waals surface area contributed by atoms with Gasteiger partial charge in [0.15, 0.2) is 0 Å². The molecule has 0 saturated heterocycles. The fourth-order valence-corrected chi connectivity index (χ4v) is 2.16. The van der Waals surface area contributed by atoms with E-state index in [1.54, 1.807) is 16.8 Å². The summed E-state index contributed by atoms with van der Waals surface area (Å²) in [5, 5.41) is 10.7. The molecule has 0 saturated carbocycles. The van der Waals surface area contributed by atoms with Crippen LogP contribution in [0.4, 0.5) is 4.79 Å². The fourth-order valence-electron chi connectivity index (χ4n) is 2.16. The molecule has 1 heterocycles. The van der Waals surface area contributed by atoms with Gasteiger partial charge < -0.3 is 10.1 Å². The van der Waals surface area contributed by atoms with Crippen LogP contribution in [-0.4, -0.2) is 28.1 Å². The van der Waals surface area contributed by atoms with Gasteiger partial charge in [0.05, 0.1) is 12.7 Å². The number of carbonyl (C=O) groups excluding carboxylic acids is 1. The molecular formula is C17H16N4O2. The van der Waals surface area contributed by atoms with E-state index in [1.165, 1.54) is 7.05 Å². The minimum atomic E-state index is -0.505. The van der Waals surface area contributed by atoms with Crippen molar-refractivity contribution in [1.82, 2.24) is 20.3 Å². The second kappa shape index (κ2) is 6.74. The third-order valence-corrected chi connectivity index (χ3v) is 3.27. The second-order valence-corrected chi connectivity index (χ2v) is 4.95. The quantitative estimate of drug-likeness (QED) is 0.804. The lowest BCUT2D eigenvalue weighted by Crippen LogP contribution is -2.21. The van der Waals surface area contributed by atoms with Crippen LogP contribution in [0.2, 0.25) is 0 Å². The highest BCUT2D eigenvalue weighted by Gasteiger charge is 2.07. The van der Waals surface area contributed by atoms with Gasteiger partial charge in [0.25, 0.3) is 0 Å². The molecule has 116 valence electrons. The van der Waals surface area contributed by atoms with Gasteiger partial charge in [-0.3, -0.25) is 0 Å². The summed E-state index contributed by atoms with van der Waals surface area (Å²) in [6.07, 6.45) is 1.36. The maximum Gasteiger partial charge on any atom is 0.412 e. The van der Waals surface area contributed by atoms with Crippen LogP contribution in [0.25, 0.3) is 11.3 Å². The van der Waals surface area contributed by atoms with Crippen molar-refractivity contribution in [2.45, 2.75) is 6.54 Å². The molecule has 2 aromatic carbocycles. The highest BCUT2D eigenvalue weighted by molar-refractivity contribution is 5.71. The third kappa shape index (κ3) is 3.74. The standard InChI is InChI=1S/C17H16N4O2/c1-18-17(22)23-15-9-5-8-14(10-15)16-12-21(20-19-16)11-13-6-3-2-4-7-13/h2-10,12H,11H2,1H3,(H,18,22). The monoisotopic (exact) mass is 308 g/mol. The topological polar surface area (TPSA) is 69.0 Å². The van der Waals surface area contributed by atoms with Crippen molar-refractivity contribution in [3.63, 3.8) is 0 Å². The first-order chi connectivity index (χ1) is 11.2. The summed E-state index contributed by atoms with van der Waals surface area (Å²) in [6.45, 7) is 0.655. The van der Waals surface area contributed by atoms with E-state index in [9.17, 15) is 4.79 Å². The number of nitrogens with one attached hydrogen (secondary N) is 1. The van der Waals surface area contributed by atoms with E-state index >= 15 is 0 Å². The Hall–Kier alpha value is -3.15. The van der Waals surface area contributed by atoms with Crippen molar-refractivity contribution in [2.75, 3.05) is 7.05 Å². The molecule has 1 N–H and O–H groups in total. The Bertz CT molecular complexity index is 799. The molecular weight excluding hydrogens is 292 g/mol. The highest BCUT2D eigenvalue weighted by Crippen LogP contribution is 2.22. The van der Waals surface area contributed by atoms with Gasteiger partial charge in [-0.1, -0.05) is 47.7 Å². The molecule has 0 bridgehead atoms. The molecule has 3 aromatic rings. The number of carbonyl (C=O) groups is 1. The van der Waals surface area contributed by atoms with E-state index in [-0.39, 0.29) is 0 Å². The van der Waals surface area contributed by atoms with E-state index in [0.717, 1.165) is 16.8 Å². The Labute approximate surface area is 133 Å². The number of hydrogen-bond acceptors (Lipinski definition) is 4. The number of aromatic nitrogens is 3. The number of amides is 1. The lowest BCUT2D eigenvalue weighted by atomic mass is 10.1. The normalized spacial score (nSPS) is 10.3. The summed E-state index contributed by atoms with van der Waals surface area (Å²) in [4.78, 5) is 11.3. The largest absolute Gasteiger partial charge is 0.412 e. The van der Waals surface area contributed by atoms with Crippen molar-refractivity contribution < 1.29 is 9.53 Å². The van der Waals surface area contributed by atoms with Crippen LogP contribution in [0.3, 0.4) is 0 Å². The lowest BCUT2D eigenvalue weighted by molar-refractivity contribution is 0.203. The van der Waals surface area contributed by atoms with Gasteiger partial charge in [0.2, 0.25) is 0 Å². The Morgan fingerprint density at radius 2 is 2.00 bits per heavy atom. The van der Waals surface area contributed by atoms with Crippen molar-refractivity contribution in [2.24, 2.45) is 0 Å². The van der Waals surface area contributed by atoms with Crippen LogP contribution in [0.5, 0.6) is 5.75 Å². The zero-order valence-electron chi connectivity index (χ0n) is 12.6. The van der Waals surface area contributed by atoms with Gasteiger partial charge in [-0.05, 0) is 17.7 Å². The number of ether oxygens (including phenoxy) is 1. The van der Waals surface area contributed by atoms with Crippen LogP contribution < -0.4 is 10.1 Å². The zero-order valence-corrected chi connectivity index (χ0v) is 12.6. The molecule has 6 heteroatoms. The average Bonchev–Trinajstić information content (AvgIpc) is 3.04. The summed E-state index contributed by atoms with van der Waals surface area (Å²) in [6, 6.07) is 17.2. The van der Waals surface area contributed by atoms with Gasteiger partial charge in [0, 0.05) is 12.6 Å². The number of benzene rings is 2. The molecule has 0 fully saturated rings. The first-order valence-corrected chi connectivity index (χ1v) is 7.18. The van der Waals surface area contributed by atoms with Crippen molar-refractivity contribution in [3.8, 4) is 17.0 Å². The second-order valence-electron chi connectivity index (χ2n) is 4.95. The molecule has 0 aliphatic heterocycles. The molecule has 6 nitrogen and oxygen atoms in total. The summed E-state index contributed by atoms with van der Waals surface area (Å²) >= 11 is 0. The minimum Gasteiger partial charge on any atom is -0.410 e. The first kappa shape index (κ1) is 14.8. The van der Waals surface area contributed by atoms with Gasteiger partial charge in [-0.15, -0.1) is 5.10 Å². The highest BCUT2D eigenvalue weighted by atomic mass is 16.5. The number of hydrogen-bond donors (Lipinski definition) is 1. The molecule has 0 atom stereocenters. The van der Waals surface area contributed by atoms with E-state index in [1.807, 2.05) is 48.7 Å². The Balaban J connectivity index is 1.77. The van der Waals surface area contributed by atoms with Crippen LogP contribution in [0, 0.1) is 0 Å². The van der Waals surface area contributed by atoms with Crippen LogP contribution in [0.1, 0.15) is 5.56 Å². The summed E-state index contributed by atoms with van der Waals surface area (Å²) in [5.74, 6) is 0.458. The summed E-state index contributed by atoms with van der Waals surface area (Å²) < 4.78 is 6.90. The van der Waals surface area contributed by atoms with E-state index in [4.69, 9.17) is 4.74 Å². The Morgan fingerprint density at radius 1 is 1.17 bits per heavy atom.